The first-order chi connectivity index (χ1) is 10.7. The van der Waals surface area contributed by atoms with E-state index in [1.54, 1.807) is 0 Å². The van der Waals surface area contributed by atoms with Crippen LogP contribution in [0, 0.1) is 11.8 Å². The minimum absolute atomic E-state index is 0.0602. The van der Waals surface area contributed by atoms with Gasteiger partial charge in [-0.25, -0.2) is 0 Å². The first-order valence-electron chi connectivity index (χ1n) is 8.57. The minimum atomic E-state index is -0.692. The summed E-state index contributed by atoms with van der Waals surface area (Å²) < 4.78 is 5.53. The van der Waals surface area contributed by atoms with E-state index in [1.807, 2.05) is 6.92 Å². The number of aliphatic hydroxyl groups is 1. The normalized spacial score (nSPS) is 32.0. The molecule has 2 rings (SSSR count). The lowest BCUT2D eigenvalue weighted by Gasteiger charge is -2.35. The Bertz CT molecular complexity index is 401. The lowest BCUT2D eigenvalue weighted by atomic mass is 9.74. The second-order valence-corrected chi connectivity index (χ2v) is 6.29. The molecular formula is C17H29NO4. The summed E-state index contributed by atoms with van der Waals surface area (Å²) in [6.45, 7) is 6.01. The Morgan fingerprint density at radius 3 is 2.82 bits per heavy atom. The standard InChI is InChI=1S/C17H29NO4/c1-3-6-14(18-22-4-2)17-15(19)9-13(10-16(17)20)12-7-5-8-21-11-12/h12-13,15,18-19H,3-11H2,1-2H3. The first kappa shape index (κ1) is 17.4. The summed E-state index contributed by atoms with van der Waals surface area (Å²) in [7, 11) is 0. The number of aliphatic hydroxyl groups excluding tert-OH is 1. The highest BCUT2D eigenvalue weighted by molar-refractivity contribution is 5.98. The molecule has 5 nitrogen and oxygen atoms in total. The van der Waals surface area contributed by atoms with Crippen molar-refractivity contribution in [2.75, 3.05) is 19.8 Å². The molecule has 22 heavy (non-hydrogen) atoms. The lowest BCUT2D eigenvalue weighted by molar-refractivity contribution is -0.121. The van der Waals surface area contributed by atoms with Crippen molar-refractivity contribution in [1.82, 2.24) is 5.48 Å². The summed E-state index contributed by atoms with van der Waals surface area (Å²) >= 11 is 0. The van der Waals surface area contributed by atoms with E-state index in [2.05, 4.69) is 12.4 Å². The molecule has 0 aromatic rings. The Labute approximate surface area is 133 Å². The van der Waals surface area contributed by atoms with E-state index in [-0.39, 0.29) is 11.7 Å². The predicted octanol–water partition coefficient (Wildman–Crippen LogP) is 2.35. The zero-order valence-corrected chi connectivity index (χ0v) is 13.8. The van der Waals surface area contributed by atoms with Crippen LogP contribution in [0.2, 0.25) is 0 Å². The number of ether oxygens (including phenoxy) is 1. The number of rotatable bonds is 6. The van der Waals surface area contributed by atoms with Crippen LogP contribution < -0.4 is 5.48 Å². The molecular weight excluding hydrogens is 282 g/mol. The molecule has 1 heterocycles. The molecule has 1 saturated heterocycles. The van der Waals surface area contributed by atoms with Crippen molar-refractivity contribution < 1.29 is 19.5 Å². The Balaban J connectivity index is 2.09. The molecule has 1 aliphatic heterocycles. The van der Waals surface area contributed by atoms with Gasteiger partial charge in [0, 0.05) is 30.9 Å². The van der Waals surface area contributed by atoms with Crippen LogP contribution in [0.3, 0.4) is 0 Å². The van der Waals surface area contributed by atoms with Crippen LogP contribution in [0.1, 0.15) is 52.4 Å². The van der Waals surface area contributed by atoms with Crippen LogP contribution in [0.4, 0.5) is 0 Å². The van der Waals surface area contributed by atoms with Crippen LogP contribution >= 0.6 is 0 Å². The highest BCUT2D eigenvalue weighted by atomic mass is 16.6. The predicted molar refractivity (Wildman–Crippen MR) is 84.0 cm³/mol. The Morgan fingerprint density at radius 1 is 1.41 bits per heavy atom. The molecule has 3 atom stereocenters. The van der Waals surface area contributed by atoms with E-state index < -0.39 is 6.10 Å². The van der Waals surface area contributed by atoms with E-state index in [0.717, 1.165) is 44.6 Å². The number of ketones is 1. The zero-order valence-electron chi connectivity index (χ0n) is 13.8. The third-order valence-electron chi connectivity index (χ3n) is 4.63. The van der Waals surface area contributed by atoms with Gasteiger partial charge in [-0.05, 0) is 44.4 Å². The molecule has 2 aliphatic rings. The fourth-order valence-electron chi connectivity index (χ4n) is 3.54. The fraction of sp³-hybridized carbons (Fsp3) is 0.824. The van der Waals surface area contributed by atoms with Gasteiger partial charge in [-0.3, -0.25) is 15.1 Å². The highest BCUT2D eigenvalue weighted by Gasteiger charge is 2.37. The number of carbonyl (C=O) groups excluding carboxylic acids is 1. The van der Waals surface area contributed by atoms with Crippen LogP contribution in [0.5, 0.6) is 0 Å². The largest absolute Gasteiger partial charge is 0.388 e. The topological polar surface area (TPSA) is 67.8 Å². The summed E-state index contributed by atoms with van der Waals surface area (Å²) in [5.41, 5.74) is 4.15. The molecule has 1 aliphatic carbocycles. The van der Waals surface area contributed by atoms with Crippen molar-refractivity contribution in [1.29, 1.82) is 0 Å². The number of allylic oxidation sites excluding steroid dienone is 1. The summed E-state index contributed by atoms with van der Waals surface area (Å²) in [5.74, 6) is 0.704. The third kappa shape index (κ3) is 4.31. The number of nitrogens with one attached hydrogen (secondary N) is 1. The van der Waals surface area contributed by atoms with E-state index in [1.165, 1.54) is 0 Å². The van der Waals surface area contributed by atoms with Crippen molar-refractivity contribution in [2.45, 2.75) is 58.5 Å². The maximum atomic E-state index is 12.6. The quantitative estimate of drug-likeness (QED) is 0.582. The summed E-state index contributed by atoms with van der Waals surface area (Å²) in [6, 6.07) is 0. The summed E-state index contributed by atoms with van der Waals surface area (Å²) in [5, 5.41) is 10.5. The van der Waals surface area contributed by atoms with E-state index in [9.17, 15) is 9.90 Å². The van der Waals surface area contributed by atoms with Gasteiger partial charge in [0.2, 0.25) is 0 Å². The molecule has 0 amide bonds. The monoisotopic (exact) mass is 311 g/mol. The molecule has 3 unspecified atom stereocenters. The van der Waals surface area contributed by atoms with E-state index in [4.69, 9.17) is 9.57 Å². The van der Waals surface area contributed by atoms with Crippen LogP contribution in [-0.2, 0) is 14.4 Å². The number of hydrogen-bond donors (Lipinski definition) is 2. The minimum Gasteiger partial charge on any atom is -0.388 e. The number of carbonyl (C=O) groups is 1. The molecule has 5 heteroatoms. The van der Waals surface area contributed by atoms with Gasteiger partial charge in [0.15, 0.2) is 5.78 Å². The van der Waals surface area contributed by atoms with Gasteiger partial charge >= 0.3 is 0 Å². The van der Waals surface area contributed by atoms with Gasteiger partial charge in [-0.1, -0.05) is 13.3 Å². The van der Waals surface area contributed by atoms with Crippen molar-refractivity contribution in [3.05, 3.63) is 11.3 Å². The first-order valence-corrected chi connectivity index (χ1v) is 8.57. The molecule has 0 radical (unpaired) electrons. The zero-order chi connectivity index (χ0) is 15.9. The molecule has 2 N–H and O–H groups in total. The summed E-state index contributed by atoms with van der Waals surface area (Å²) in [6.07, 6.45) is 4.25. The van der Waals surface area contributed by atoms with Crippen molar-refractivity contribution in [3.63, 3.8) is 0 Å². The van der Waals surface area contributed by atoms with Crippen LogP contribution in [0.25, 0.3) is 0 Å². The van der Waals surface area contributed by atoms with Crippen LogP contribution in [0.15, 0.2) is 11.3 Å². The molecule has 0 aromatic heterocycles. The Kier molecular flexibility index (Phi) is 6.86. The van der Waals surface area contributed by atoms with E-state index in [0.29, 0.717) is 30.9 Å². The average Bonchev–Trinajstić information content (AvgIpc) is 2.52. The highest BCUT2D eigenvalue weighted by Crippen LogP contribution is 2.36. The fourth-order valence-corrected chi connectivity index (χ4v) is 3.54. The molecule has 0 spiro atoms. The van der Waals surface area contributed by atoms with Gasteiger partial charge in [0.25, 0.3) is 0 Å². The van der Waals surface area contributed by atoms with Crippen molar-refractivity contribution in [3.8, 4) is 0 Å². The molecule has 0 bridgehead atoms. The van der Waals surface area contributed by atoms with Gasteiger partial charge in [0.05, 0.1) is 12.7 Å². The van der Waals surface area contributed by atoms with Gasteiger partial charge in [-0.15, -0.1) is 0 Å². The second-order valence-electron chi connectivity index (χ2n) is 6.29. The van der Waals surface area contributed by atoms with E-state index >= 15 is 0 Å². The smallest absolute Gasteiger partial charge is 0.163 e. The van der Waals surface area contributed by atoms with Gasteiger partial charge < -0.3 is 9.84 Å². The number of hydroxylamine groups is 1. The van der Waals surface area contributed by atoms with Gasteiger partial charge in [-0.2, -0.15) is 0 Å². The molecule has 126 valence electrons. The van der Waals surface area contributed by atoms with Crippen molar-refractivity contribution in [2.24, 2.45) is 11.8 Å². The maximum absolute atomic E-state index is 12.6. The lowest BCUT2D eigenvalue weighted by Crippen LogP contribution is -2.38. The maximum Gasteiger partial charge on any atom is 0.163 e. The average molecular weight is 311 g/mol. The molecule has 0 aromatic carbocycles. The number of Topliss-reactive ketones (excluding diaryl/α,β-unsaturated/α-hetero) is 1. The Hall–Kier alpha value is -0.910. The van der Waals surface area contributed by atoms with Crippen molar-refractivity contribution >= 4 is 5.78 Å². The molecule has 2 fully saturated rings. The summed E-state index contributed by atoms with van der Waals surface area (Å²) in [4.78, 5) is 17.8. The SMILES string of the molecule is CCCC(NOCC)=C1C(=O)CC(C2CCCOC2)CC1O. The number of hydrogen-bond acceptors (Lipinski definition) is 5. The molecule has 1 saturated carbocycles. The second kappa shape index (κ2) is 8.65. The third-order valence-corrected chi connectivity index (χ3v) is 4.63. The Morgan fingerprint density at radius 2 is 2.23 bits per heavy atom. The van der Waals surface area contributed by atoms with Gasteiger partial charge in [0.1, 0.15) is 0 Å². The van der Waals surface area contributed by atoms with Crippen LogP contribution in [-0.4, -0.2) is 36.8 Å².